The maximum Gasteiger partial charge on any atom is 0.223 e. The first-order chi connectivity index (χ1) is 7.24. The molecule has 0 radical (unpaired) electrons. The lowest BCUT2D eigenvalue weighted by molar-refractivity contribution is 0.638. The molecule has 1 aliphatic carbocycles. The van der Waals surface area contributed by atoms with Crippen molar-refractivity contribution in [2.45, 2.75) is 19.4 Å². The minimum absolute atomic E-state index is 0.199. The lowest BCUT2D eigenvalue weighted by atomic mass is 10.4. The zero-order valence-corrected chi connectivity index (χ0v) is 8.78. The van der Waals surface area contributed by atoms with E-state index in [2.05, 4.69) is 15.0 Å². The van der Waals surface area contributed by atoms with E-state index < -0.39 is 0 Å². The Morgan fingerprint density at radius 3 is 3.00 bits per heavy atom. The maximum atomic E-state index is 5.92. The molecule has 0 atom stereocenters. The van der Waals surface area contributed by atoms with Gasteiger partial charge >= 0.3 is 0 Å². The van der Waals surface area contributed by atoms with Crippen LogP contribution in [0.1, 0.15) is 12.8 Å². The van der Waals surface area contributed by atoms with Crippen molar-refractivity contribution in [1.82, 2.24) is 19.5 Å². The van der Waals surface area contributed by atoms with Crippen molar-refractivity contribution in [2.24, 2.45) is 5.92 Å². The molecule has 1 saturated carbocycles. The van der Waals surface area contributed by atoms with Crippen LogP contribution in [0, 0.1) is 5.92 Å². The van der Waals surface area contributed by atoms with Crippen molar-refractivity contribution in [1.29, 1.82) is 0 Å². The molecular weight excluding hydrogens is 214 g/mol. The number of nitrogens with zero attached hydrogens (tertiary/aromatic N) is 4. The third kappa shape index (κ3) is 1.52. The monoisotopic (exact) mass is 223 g/mol. The minimum atomic E-state index is 0.199. The number of nitrogens with two attached hydrogens (primary N) is 1. The summed E-state index contributed by atoms with van der Waals surface area (Å²) in [5.41, 5.74) is 6.92. The summed E-state index contributed by atoms with van der Waals surface area (Å²) >= 11 is 5.92. The number of rotatable bonds is 2. The van der Waals surface area contributed by atoms with E-state index in [1.807, 2.05) is 4.57 Å². The van der Waals surface area contributed by atoms with Gasteiger partial charge in [-0.3, -0.25) is 0 Å². The van der Waals surface area contributed by atoms with Crippen LogP contribution in [-0.2, 0) is 6.54 Å². The van der Waals surface area contributed by atoms with Gasteiger partial charge in [-0.2, -0.15) is 9.97 Å². The molecule has 2 aromatic rings. The normalized spacial score (nSPS) is 16.1. The third-order valence-corrected chi connectivity index (χ3v) is 2.85. The van der Waals surface area contributed by atoms with E-state index in [0.717, 1.165) is 18.1 Å². The van der Waals surface area contributed by atoms with Crippen molar-refractivity contribution in [3.8, 4) is 0 Å². The molecule has 0 aromatic carbocycles. The summed E-state index contributed by atoms with van der Waals surface area (Å²) in [6.45, 7) is 0.948. The van der Waals surface area contributed by atoms with Gasteiger partial charge in [0.25, 0.3) is 0 Å². The van der Waals surface area contributed by atoms with Crippen LogP contribution in [0.3, 0.4) is 0 Å². The maximum absolute atomic E-state index is 5.92. The summed E-state index contributed by atoms with van der Waals surface area (Å²) < 4.78 is 2.00. The molecule has 0 aliphatic heterocycles. The Morgan fingerprint density at radius 1 is 1.47 bits per heavy atom. The van der Waals surface area contributed by atoms with Crippen LogP contribution in [0.15, 0.2) is 6.33 Å². The second-order valence-electron chi connectivity index (χ2n) is 3.89. The molecule has 6 heteroatoms. The van der Waals surface area contributed by atoms with E-state index >= 15 is 0 Å². The molecule has 0 saturated heterocycles. The predicted molar refractivity (Wildman–Crippen MR) is 57.5 cm³/mol. The molecule has 0 amide bonds. The Balaban J connectivity index is 2.14. The first-order valence-corrected chi connectivity index (χ1v) is 5.25. The van der Waals surface area contributed by atoms with Crippen molar-refractivity contribution < 1.29 is 0 Å². The molecule has 0 unspecified atom stereocenters. The smallest absolute Gasteiger partial charge is 0.223 e. The van der Waals surface area contributed by atoms with Gasteiger partial charge in [0, 0.05) is 6.54 Å². The van der Waals surface area contributed by atoms with Crippen LogP contribution in [0.25, 0.3) is 11.2 Å². The largest absolute Gasteiger partial charge is 0.368 e. The first kappa shape index (κ1) is 8.91. The number of hydrogen-bond donors (Lipinski definition) is 1. The Kier molecular flexibility index (Phi) is 1.82. The molecule has 3 rings (SSSR count). The summed E-state index contributed by atoms with van der Waals surface area (Å²) in [6.07, 6.45) is 4.32. The minimum Gasteiger partial charge on any atom is -0.368 e. The highest BCUT2D eigenvalue weighted by molar-refractivity contribution is 6.33. The summed E-state index contributed by atoms with van der Waals surface area (Å²) in [5, 5.41) is 0.326. The molecule has 5 nitrogen and oxygen atoms in total. The topological polar surface area (TPSA) is 69.6 Å². The fraction of sp³-hybridized carbons (Fsp3) is 0.444. The van der Waals surface area contributed by atoms with Gasteiger partial charge in [0.1, 0.15) is 5.52 Å². The molecular formula is C9H10ClN5. The summed E-state index contributed by atoms with van der Waals surface area (Å²) in [4.78, 5) is 12.2. The third-order valence-electron chi connectivity index (χ3n) is 2.59. The lowest BCUT2D eigenvalue weighted by Crippen LogP contribution is -2.02. The van der Waals surface area contributed by atoms with E-state index in [0.29, 0.717) is 10.7 Å². The molecule has 15 heavy (non-hydrogen) atoms. The van der Waals surface area contributed by atoms with Crippen LogP contribution >= 0.6 is 11.6 Å². The summed E-state index contributed by atoms with van der Waals surface area (Å²) in [6, 6.07) is 0. The van der Waals surface area contributed by atoms with Gasteiger partial charge in [-0.05, 0) is 18.8 Å². The fourth-order valence-electron chi connectivity index (χ4n) is 1.64. The van der Waals surface area contributed by atoms with Gasteiger partial charge in [-0.1, -0.05) is 11.6 Å². The van der Waals surface area contributed by atoms with E-state index in [9.17, 15) is 0 Å². The quantitative estimate of drug-likeness (QED) is 0.783. The van der Waals surface area contributed by atoms with Crippen LogP contribution < -0.4 is 5.73 Å². The van der Waals surface area contributed by atoms with E-state index in [-0.39, 0.29) is 5.95 Å². The predicted octanol–water partition coefficient (Wildman–Crippen LogP) is 1.47. The number of aromatic nitrogens is 4. The molecule has 78 valence electrons. The molecule has 2 N–H and O–H groups in total. The molecule has 0 bridgehead atoms. The molecule has 2 heterocycles. The summed E-state index contributed by atoms with van der Waals surface area (Å²) in [5.74, 6) is 0.961. The van der Waals surface area contributed by atoms with Crippen molar-refractivity contribution in [3.05, 3.63) is 11.5 Å². The van der Waals surface area contributed by atoms with Crippen molar-refractivity contribution in [2.75, 3.05) is 5.73 Å². The van der Waals surface area contributed by atoms with Gasteiger partial charge in [0.15, 0.2) is 10.8 Å². The Hall–Kier alpha value is -1.36. The Labute approximate surface area is 91.3 Å². The Bertz CT molecular complexity index is 516. The second kappa shape index (κ2) is 3.06. The lowest BCUT2D eigenvalue weighted by Gasteiger charge is -2.01. The van der Waals surface area contributed by atoms with Crippen molar-refractivity contribution in [3.63, 3.8) is 0 Å². The van der Waals surface area contributed by atoms with Crippen LogP contribution in [0.2, 0.25) is 5.15 Å². The van der Waals surface area contributed by atoms with Crippen molar-refractivity contribution >= 4 is 28.7 Å². The number of hydrogen-bond acceptors (Lipinski definition) is 4. The highest BCUT2D eigenvalue weighted by Crippen LogP contribution is 2.31. The van der Waals surface area contributed by atoms with Gasteiger partial charge < -0.3 is 10.3 Å². The van der Waals surface area contributed by atoms with E-state index in [1.54, 1.807) is 6.33 Å². The molecule has 0 spiro atoms. The second-order valence-corrected chi connectivity index (χ2v) is 4.24. The number of nitrogen functional groups attached to an aromatic ring is 1. The van der Waals surface area contributed by atoms with Gasteiger partial charge in [-0.25, -0.2) is 4.98 Å². The average Bonchev–Trinajstić information content (AvgIpc) is 2.89. The van der Waals surface area contributed by atoms with Crippen LogP contribution in [0.5, 0.6) is 0 Å². The molecule has 1 aliphatic rings. The first-order valence-electron chi connectivity index (χ1n) is 4.88. The zero-order chi connectivity index (χ0) is 10.4. The van der Waals surface area contributed by atoms with Crippen LogP contribution in [0.4, 0.5) is 5.95 Å². The van der Waals surface area contributed by atoms with Gasteiger partial charge in [0.2, 0.25) is 5.95 Å². The van der Waals surface area contributed by atoms with Gasteiger partial charge in [-0.15, -0.1) is 0 Å². The zero-order valence-electron chi connectivity index (χ0n) is 8.02. The van der Waals surface area contributed by atoms with Crippen LogP contribution in [-0.4, -0.2) is 19.5 Å². The summed E-state index contributed by atoms with van der Waals surface area (Å²) in [7, 11) is 0. The Morgan fingerprint density at radius 2 is 2.27 bits per heavy atom. The molecule has 2 aromatic heterocycles. The standard InChI is InChI=1S/C9H10ClN5/c10-7-6-8(14-9(11)13-7)15(4-12-6)3-5-1-2-5/h4-5H,1-3H2,(H2,11,13,14). The number of anilines is 1. The number of halogens is 1. The van der Waals surface area contributed by atoms with E-state index in [1.165, 1.54) is 12.8 Å². The average molecular weight is 224 g/mol. The SMILES string of the molecule is Nc1nc(Cl)c2ncn(CC3CC3)c2n1. The number of imidazole rings is 1. The fourth-order valence-corrected chi connectivity index (χ4v) is 1.86. The number of fused-ring (bicyclic) bond motifs is 1. The highest BCUT2D eigenvalue weighted by atomic mass is 35.5. The molecule has 1 fully saturated rings. The van der Waals surface area contributed by atoms with E-state index in [4.69, 9.17) is 17.3 Å². The van der Waals surface area contributed by atoms with Gasteiger partial charge in [0.05, 0.1) is 6.33 Å². The highest BCUT2D eigenvalue weighted by Gasteiger charge is 2.23.